The van der Waals surface area contributed by atoms with Crippen LogP contribution in [-0.2, 0) is 0 Å². The Morgan fingerprint density at radius 1 is 1.24 bits per heavy atom. The molecule has 2 heterocycles. The third-order valence-electron chi connectivity index (χ3n) is 3.18. The fraction of sp³-hybridized carbons (Fsp3) is 0.214. The molecule has 17 heavy (non-hydrogen) atoms. The molecule has 86 valence electrons. The van der Waals surface area contributed by atoms with Gasteiger partial charge in [-0.15, -0.1) is 0 Å². The number of pyridine rings is 1. The number of anilines is 1. The molecule has 0 bridgehead atoms. The highest BCUT2D eigenvalue weighted by Gasteiger charge is 2.22. The smallest absolute Gasteiger partial charge is 0.0479 e. The van der Waals surface area contributed by atoms with E-state index in [4.69, 9.17) is 0 Å². The molecule has 1 aliphatic rings. The number of fused-ring (bicyclic) bond motifs is 1. The van der Waals surface area contributed by atoms with Gasteiger partial charge < -0.3 is 5.32 Å². The zero-order valence-corrected chi connectivity index (χ0v) is 10.9. The van der Waals surface area contributed by atoms with Crippen LogP contribution in [0.1, 0.15) is 23.6 Å². The van der Waals surface area contributed by atoms with Crippen LogP contribution in [0.3, 0.4) is 0 Å². The second-order valence-electron chi connectivity index (χ2n) is 4.25. The predicted octanol–water partition coefficient (Wildman–Crippen LogP) is 3.79. The average Bonchev–Trinajstić information content (AvgIpc) is 2.39. The number of nitrogens with one attached hydrogen (secondary N) is 1. The van der Waals surface area contributed by atoms with Gasteiger partial charge in [0.25, 0.3) is 0 Å². The van der Waals surface area contributed by atoms with E-state index in [1.807, 2.05) is 12.3 Å². The van der Waals surface area contributed by atoms with Crippen molar-refractivity contribution in [2.75, 3.05) is 11.9 Å². The summed E-state index contributed by atoms with van der Waals surface area (Å²) in [5, 5.41) is 3.44. The maximum Gasteiger partial charge on any atom is 0.0479 e. The van der Waals surface area contributed by atoms with E-state index in [1.165, 1.54) is 11.3 Å². The Labute approximate surface area is 109 Å². The van der Waals surface area contributed by atoms with Crippen molar-refractivity contribution in [3.8, 4) is 0 Å². The predicted molar refractivity (Wildman–Crippen MR) is 73.3 cm³/mol. The maximum absolute atomic E-state index is 4.49. The quantitative estimate of drug-likeness (QED) is 0.864. The van der Waals surface area contributed by atoms with Crippen LogP contribution in [0.2, 0.25) is 0 Å². The lowest BCUT2D eigenvalue weighted by Gasteiger charge is -2.26. The summed E-state index contributed by atoms with van der Waals surface area (Å²) in [5.74, 6) is 0.407. The monoisotopic (exact) mass is 288 g/mol. The minimum Gasteiger partial charge on any atom is -0.385 e. The molecule has 0 amide bonds. The van der Waals surface area contributed by atoms with E-state index in [-0.39, 0.29) is 0 Å². The number of nitrogens with zero attached hydrogens (tertiary/aromatic N) is 1. The van der Waals surface area contributed by atoms with Crippen molar-refractivity contribution in [2.45, 2.75) is 12.3 Å². The van der Waals surface area contributed by atoms with Crippen molar-refractivity contribution in [1.29, 1.82) is 0 Å². The van der Waals surface area contributed by atoms with Gasteiger partial charge in [-0.3, -0.25) is 4.98 Å². The number of hydrogen-bond acceptors (Lipinski definition) is 2. The van der Waals surface area contributed by atoms with Gasteiger partial charge in [-0.2, -0.15) is 0 Å². The van der Waals surface area contributed by atoms with Gasteiger partial charge in [0.2, 0.25) is 0 Å². The van der Waals surface area contributed by atoms with Crippen LogP contribution in [0.15, 0.2) is 47.1 Å². The molecule has 0 saturated heterocycles. The fourth-order valence-electron chi connectivity index (χ4n) is 2.38. The summed E-state index contributed by atoms with van der Waals surface area (Å²) in [7, 11) is 0. The first kappa shape index (κ1) is 10.8. The van der Waals surface area contributed by atoms with Crippen molar-refractivity contribution in [2.24, 2.45) is 0 Å². The molecule has 0 radical (unpaired) electrons. The van der Waals surface area contributed by atoms with Crippen LogP contribution in [0.4, 0.5) is 5.69 Å². The standard InChI is InChI=1S/C14H13BrN2/c15-10-4-5-14-12(9-10)11(6-8-17-14)13-3-1-2-7-16-13/h1-5,7,9,11,17H,6,8H2. The van der Waals surface area contributed by atoms with Gasteiger partial charge in [-0.25, -0.2) is 0 Å². The molecule has 0 fully saturated rings. The molecule has 0 spiro atoms. The maximum atomic E-state index is 4.49. The Kier molecular flexibility index (Phi) is 2.85. The Balaban J connectivity index is 2.08. The molecule has 1 atom stereocenters. The third-order valence-corrected chi connectivity index (χ3v) is 3.68. The van der Waals surface area contributed by atoms with Gasteiger partial charge in [-0.05, 0) is 42.3 Å². The summed E-state index contributed by atoms with van der Waals surface area (Å²) in [6, 6.07) is 12.5. The van der Waals surface area contributed by atoms with Gasteiger partial charge in [-0.1, -0.05) is 22.0 Å². The molecule has 0 aliphatic carbocycles. The van der Waals surface area contributed by atoms with E-state index >= 15 is 0 Å². The summed E-state index contributed by atoms with van der Waals surface area (Å²) >= 11 is 3.54. The first-order valence-corrected chi connectivity index (χ1v) is 6.58. The van der Waals surface area contributed by atoms with Gasteiger partial charge in [0, 0.05) is 34.5 Å². The second kappa shape index (κ2) is 4.49. The Bertz CT molecular complexity index is 525. The summed E-state index contributed by atoms with van der Waals surface area (Å²) in [4.78, 5) is 4.49. The number of halogens is 1. The Morgan fingerprint density at radius 3 is 3.00 bits per heavy atom. The molecule has 3 rings (SSSR count). The highest BCUT2D eigenvalue weighted by Crippen LogP contribution is 2.36. The van der Waals surface area contributed by atoms with Gasteiger partial charge in [0.1, 0.15) is 0 Å². The second-order valence-corrected chi connectivity index (χ2v) is 5.17. The SMILES string of the molecule is Brc1ccc2c(c1)C(c1ccccn1)CCN2. The van der Waals surface area contributed by atoms with Crippen molar-refractivity contribution >= 4 is 21.6 Å². The molecule has 0 saturated carbocycles. The van der Waals surface area contributed by atoms with Crippen molar-refractivity contribution in [1.82, 2.24) is 4.98 Å². The summed E-state index contributed by atoms with van der Waals surface area (Å²) in [5.41, 5.74) is 3.73. The fourth-order valence-corrected chi connectivity index (χ4v) is 2.76. The number of aromatic nitrogens is 1. The van der Waals surface area contributed by atoms with Crippen LogP contribution < -0.4 is 5.32 Å². The average molecular weight is 289 g/mol. The van der Waals surface area contributed by atoms with Crippen molar-refractivity contribution < 1.29 is 0 Å². The van der Waals surface area contributed by atoms with Crippen LogP contribution in [0.25, 0.3) is 0 Å². The summed E-state index contributed by atoms with van der Waals surface area (Å²) in [6.07, 6.45) is 2.97. The van der Waals surface area contributed by atoms with E-state index in [0.717, 1.165) is 23.1 Å². The number of hydrogen-bond donors (Lipinski definition) is 1. The highest BCUT2D eigenvalue weighted by atomic mass is 79.9. The van der Waals surface area contributed by atoms with Crippen LogP contribution in [-0.4, -0.2) is 11.5 Å². The molecule has 1 aliphatic heterocycles. The zero-order chi connectivity index (χ0) is 11.7. The molecular weight excluding hydrogens is 276 g/mol. The lowest BCUT2D eigenvalue weighted by molar-refractivity contribution is 0.699. The van der Waals surface area contributed by atoms with Crippen molar-refractivity contribution in [3.05, 3.63) is 58.3 Å². The minimum atomic E-state index is 0.407. The molecule has 1 aromatic heterocycles. The van der Waals surface area contributed by atoms with E-state index in [0.29, 0.717) is 5.92 Å². The van der Waals surface area contributed by atoms with Crippen molar-refractivity contribution in [3.63, 3.8) is 0 Å². The van der Waals surface area contributed by atoms with E-state index in [1.54, 1.807) is 0 Å². The lowest BCUT2D eigenvalue weighted by Crippen LogP contribution is -2.18. The molecular formula is C14H13BrN2. The van der Waals surface area contributed by atoms with Gasteiger partial charge in [0.05, 0.1) is 0 Å². The molecule has 2 aromatic rings. The van der Waals surface area contributed by atoms with E-state index in [2.05, 4.69) is 56.6 Å². The van der Waals surface area contributed by atoms with E-state index < -0.39 is 0 Å². The molecule has 1 unspecified atom stereocenters. The summed E-state index contributed by atoms with van der Waals surface area (Å²) in [6.45, 7) is 1.01. The first-order chi connectivity index (χ1) is 8.34. The normalized spacial score (nSPS) is 18.3. The summed E-state index contributed by atoms with van der Waals surface area (Å²) < 4.78 is 1.13. The third kappa shape index (κ3) is 2.07. The molecule has 1 aromatic carbocycles. The lowest BCUT2D eigenvalue weighted by atomic mass is 9.88. The van der Waals surface area contributed by atoms with Gasteiger partial charge >= 0.3 is 0 Å². The zero-order valence-electron chi connectivity index (χ0n) is 9.36. The van der Waals surface area contributed by atoms with Crippen LogP contribution in [0, 0.1) is 0 Å². The van der Waals surface area contributed by atoms with Crippen LogP contribution >= 0.6 is 15.9 Å². The molecule has 1 N–H and O–H groups in total. The Morgan fingerprint density at radius 2 is 2.18 bits per heavy atom. The van der Waals surface area contributed by atoms with E-state index in [9.17, 15) is 0 Å². The topological polar surface area (TPSA) is 24.9 Å². The largest absolute Gasteiger partial charge is 0.385 e. The first-order valence-electron chi connectivity index (χ1n) is 5.79. The number of benzene rings is 1. The Hall–Kier alpha value is -1.35. The minimum absolute atomic E-state index is 0.407. The molecule has 3 heteroatoms. The number of rotatable bonds is 1. The highest BCUT2D eigenvalue weighted by molar-refractivity contribution is 9.10. The van der Waals surface area contributed by atoms with Gasteiger partial charge in [0.15, 0.2) is 0 Å². The molecule has 2 nitrogen and oxygen atoms in total. The van der Waals surface area contributed by atoms with Crippen LogP contribution in [0.5, 0.6) is 0 Å².